The zero-order chi connectivity index (χ0) is 22.2. The van der Waals surface area contributed by atoms with Gasteiger partial charge in [0, 0.05) is 16.8 Å². The molecule has 5 rings (SSSR count). The highest BCUT2D eigenvalue weighted by atomic mass is 19.1. The molecule has 1 N–H and O–H groups in total. The molecule has 4 aromatic rings. The summed E-state index contributed by atoms with van der Waals surface area (Å²) in [5.74, 6) is 0.633. The molecule has 0 fully saturated rings. The Balaban J connectivity index is 1.69. The second-order valence-corrected chi connectivity index (χ2v) is 7.64. The summed E-state index contributed by atoms with van der Waals surface area (Å²) in [6.45, 7) is 6.30. The minimum Gasteiger partial charge on any atom is -0.494 e. The van der Waals surface area contributed by atoms with Gasteiger partial charge in [0.05, 0.1) is 18.4 Å². The number of halogens is 1. The molecule has 0 spiro atoms. The average molecular weight is 423 g/mol. The molecule has 0 atom stereocenters. The van der Waals surface area contributed by atoms with Crippen LogP contribution in [-0.4, -0.2) is 16.9 Å². The summed E-state index contributed by atoms with van der Waals surface area (Å²) in [4.78, 5) is 0. The number of nitrogens with zero attached hydrogens (tertiary/aromatic N) is 2. The number of allylic oxidation sites excluding steroid dienone is 3. The van der Waals surface area contributed by atoms with Gasteiger partial charge in [-0.25, -0.2) is 9.07 Å². The molecular formula is C27H22FN3O. The number of methoxy groups -OCH3 is 1. The van der Waals surface area contributed by atoms with Gasteiger partial charge in [0.1, 0.15) is 11.5 Å². The minimum absolute atomic E-state index is 0.207. The normalized spacial score (nSPS) is 13.0. The summed E-state index contributed by atoms with van der Waals surface area (Å²) in [5, 5.41) is 8.46. The summed E-state index contributed by atoms with van der Waals surface area (Å²) in [6, 6.07) is 25.2. The third kappa shape index (κ3) is 3.19. The molecule has 1 aliphatic rings. The van der Waals surface area contributed by atoms with Crippen LogP contribution in [0.25, 0.3) is 33.7 Å². The number of hydrogen-bond donors (Lipinski definition) is 1. The molecule has 0 amide bonds. The van der Waals surface area contributed by atoms with Crippen molar-refractivity contribution in [2.75, 3.05) is 12.4 Å². The van der Waals surface area contributed by atoms with Crippen LogP contribution in [0.2, 0.25) is 0 Å². The second kappa shape index (κ2) is 7.85. The highest BCUT2D eigenvalue weighted by molar-refractivity contribution is 6.05. The Kier molecular flexibility index (Phi) is 4.86. The van der Waals surface area contributed by atoms with Crippen LogP contribution in [0.5, 0.6) is 5.75 Å². The first-order chi connectivity index (χ1) is 15.6. The third-order valence-corrected chi connectivity index (χ3v) is 5.66. The number of nitrogens with one attached hydrogen (secondary N) is 1. The van der Waals surface area contributed by atoms with Gasteiger partial charge in [-0.15, -0.1) is 0 Å². The van der Waals surface area contributed by atoms with Crippen molar-refractivity contribution < 1.29 is 9.13 Å². The molecule has 0 bridgehead atoms. The first-order valence-electron chi connectivity index (χ1n) is 10.3. The van der Waals surface area contributed by atoms with Gasteiger partial charge in [0.25, 0.3) is 0 Å². The van der Waals surface area contributed by atoms with Gasteiger partial charge in [-0.05, 0) is 30.2 Å². The Morgan fingerprint density at radius 2 is 1.56 bits per heavy atom. The van der Waals surface area contributed by atoms with E-state index in [2.05, 4.69) is 24.0 Å². The van der Waals surface area contributed by atoms with Gasteiger partial charge in [-0.2, -0.15) is 5.10 Å². The number of aromatic nitrogens is 2. The topological polar surface area (TPSA) is 39.1 Å². The summed E-state index contributed by atoms with van der Waals surface area (Å²) in [7, 11) is 1.45. The Hall–Kier alpha value is -4.12. The summed E-state index contributed by atoms with van der Waals surface area (Å²) in [5.41, 5.74) is 7.00. The van der Waals surface area contributed by atoms with Crippen LogP contribution in [0.15, 0.2) is 91.1 Å². The fraction of sp³-hybridized carbons (Fsp3) is 0.0741. The van der Waals surface area contributed by atoms with E-state index in [0.717, 1.165) is 39.5 Å². The zero-order valence-electron chi connectivity index (χ0n) is 17.9. The molecule has 0 aliphatic carbocycles. The highest BCUT2D eigenvalue weighted by Crippen LogP contribution is 2.44. The molecule has 4 nitrogen and oxygen atoms in total. The maximum atomic E-state index is 14.4. The second-order valence-electron chi connectivity index (χ2n) is 7.64. The van der Waals surface area contributed by atoms with Gasteiger partial charge in [0.2, 0.25) is 0 Å². The lowest BCUT2D eigenvalue weighted by atomic mass is 9.97. The lowest BCUT2D eigenvalue weighted by Crippen LogP contribution is -2.16. The van der Waals surface area contributed by atoms with Gasteiger partial charge < -0.3 is 10.1 Å². The molecular weight excluding hydrogens is 401 g/mol. The van der Waals surface area contributed by atoms with E-state index < -0.39 is 5.82 Å². The first kappa shape index (κ1) is 19.8. The van der Waals surface area contributed by atoms with Crippen LogP contribution in [0, 0.1) is 5.82 Å². The number of hydrogen-bond acceptors (Lipinski definition) is 3. The Labute approximate surface area is 186 Å². The minimum atomic E-state index is -0.417. The van der Waals surface area contributed by atoms with Crippen LogP contribution >= 0.6 is 0 Å². The molecule has 1 aromatic heterocycles. The average Bonchev–Trinajstić information content (AvgIpc) is 3.20. The van der Waals surface area contributed by atoms with Crippen molar-refractivity contribution in [2.45, 2.75) is 6.92 Å². The Morgan fingerprint density at radius 3 is 2.19 bits per heavy atom. The van der Waals surface area contributed by atoms with Crippen molar-refractivity contribution in [3.63, 3.8) is 0 Å². The van der Waals surface area contributed by atoms with Gasteiger partial charge in [0.15, 0.2) is 11.6 Å². The smallest absolute Gasteiger partial charge is 0.165 e. The van der Waals surface area contributed by atoms with E-state index in [0.29, 0.717) is 11.3 Å². The molecule has 3 aromatic carbocycles. The summed E-state index contributed by atoms with van der Waals surface area (Å²) >= 11 is 0. The zero-order valence-corrected chi connectivity index (χ0v) is 17.9. The first-order valence-corrected chi connectivity index (χ1v) is 10.3. The largest absolute Gasteiger partial charge is 0.494 e. The SMILES string of the molecule is C=C1C(c2ccc(OC)c(F)c2)=C(C)Nc2c(-c3ccccc3)c(-c3ccccc3)nn21. The number of ether oxygens (including phenoxy) is 1. The van der Waals surface area contributed by atoms with Crippen LogP contribution in [0.1, 0.15) is 12.5 Å². The molecule has 2 heterocycles. The molecule has 0 saturated carbocycles. The van der Waals surface area contributed by atoms with Crippen LogP contribution in [-0.2, 0) is 0 Å². The number of rotatable bonds is 4. The van der Waals surface area contributed by atoms with Crippen LogP contribution in [0.4, 0.5) is 10.2 Å². The standard InChI is InChI=1S/C27H22FN3O/c1-17-24(21-14-15-23(32-3)22(28)16-21)18(2)31-27(29-17)25(19-10-6-4-7-11-19)26(30-31)20-12-8-5-9-13-20/h4-16,29H,2H2,1,3H3. The van der Waals surface area contributed by atoms with Crippen molar-refractivity contribution in [2.24, 2.45) is 0 Å². The third-order valence-electron chi connectivity index (χ3n) is 5.66. The van der Waals surface area contributed by atoms with Crippen molar-refractivity contribution in [3.05, 3.63) is 103 Å². The summed E-state index contributed by atoms with van der Waals surface area (Å²) < 4.78 is 21.3. The van der Waals surface area contributed by atoms with Gasteiger partial charge >= 0.3 is 0 Å². The van der Waals surface area contributed by atoms with Crippen LogP contribution < -0.4 is 10.1 Å². The van der Waals surface area contributed by atoms with Crippen LogP contribution in [0.3, 0.4) is 0 Å². The molecule has 32 heavy (non-hydrogen) atoms. The van der Waals surface area contributed by atoms with E-state index in [-0.39, 0.29) is 5.75 Å². The predicted octanol–water partition coefficient (Wildman–Crippen LogP) is 6.69. The van der Waals surface area contributed by atoms with E-state index in [4.69, 9.17) is 9.84 Å². The number of fused-ring (bicyclic) bond motifs is 1. The molecule has 0 saturated heterocycles. The molecule has 0 radical (unpaired) electrons. The number of benzene rings is 3. The number of anilines is 1. The van der Waals surface area contributed by atoms with E-state index in [1.807, 2.05) is 66.2 Å². The predicted molar refractivity (Wildman–Crippen MR) is 128 cm³/mol. The van der Waals surface area contributed by atoms with E-state index in [9.17, 15) is 4.39 Å². The monoisotopic (exact) mass is 423 g/mol. The Bertz CT molecular complexity index is 1350. The molecule has 5 heteroatoms. The lowest BCUT2D eigenvalue weighted by molar-refractivity contribution is 0.386. The highest BCUT2D eigenvalue weighted by Gasteiger charge is 2.28. The maximum Gasteiger partial charge on any atom is 0.165 e. The fourth-order valence-corrected chi connectivity index (χ4v) is 4.17. The quantitative estimate of drug-likeness (QED) is 0.397. The van der Waals surface area contributed by atoms with E-state index in [1.165, 1.54) is 13.2 Å². The molecule has 1 aliphatic heterocycles. The van der Waals surface area contributed by atoms with Crippen molar-refractivity contribution in [1.82, 2.24) is 9.78 Å². The molecule has 158 valence electrons. The fourth-order valence-electron chi connectivity index (χ4n) is 4.17. The van der Waals surface area contributed by atoms with Crippen molar-refractivity contribution in [1.29, 1.82) is 0 Å². The maximum absolute atomic E-state index is 14.4. The van der Waals surface area contributed by atoms with Gasteiger partial charge in [-0.1, -0.05) is 73.3 Å². The Morgan fingerprint density at radius 1 is 0.906 bits per heavy atom. The van der Waals surface area contributed by atoms with Crippen molar-refractivity contribution in [3.8, 4) is 28.1 Å². The van der Waals surface area contributed by atoms with E-state index in [1.54, 1.807) is 6.07 Å². The summed E-state index contributed by atoms with van der Waals surface area (Å²) in [6.07, 6.45) is 0. The van der Waals surface area contributed by atoms with Gasteiger partial charge in [-0.3, -0.25) is 0 Å². The van der Waals surface area contributed by atoms with Crippen molar-refractivity contribution >= 4 is 17.1 Å². The van der Waals surface area contributed by atoms with E-state index >= 15 is 0 Å². The lowest BCUT2D eigenvalue weighted by Gasteiger charge is -2.25. The molecule has 0 unspecified atom stereocenters.